The summed E-state index contributed by atoms with van der Waals surface area (Å²) < 4.78 is 13.4. The fourth-order valence-electron chi connectivity index (χ4n) is 5.25. The van der Waals surface area contributed by atoms with Crippen LogP contribution in [0.4, 0.5) is 21.6 Å². The van der Waals surface area contributed by atoms with Gasteiger partial charge in [-0.05, 0) is 51.5 Å². The molecule has 2 aromatic heterocycles. The van der Waals surface area contributed by atoms with Crippen molar-refractivity contribution in [2.45, 2.75) is 46.2 Å². The first-order valence-electron chi connectivity index (χ1n) is 13.0. The first-order chi connectivity index (χ1) is 18.2. The summed E-state index contributed by atoms with van der Waals surface area (Å²) in [5.74, 6) is -0.864. The fourth-order valence-corrected chi connectivity index (χ4v) is 5.25. The largest absolute Gasteiger partial charge is 0.356 e. The predicted molar refractivity (Wildman–Crippen MR) is 144 cm³/mol. The maximum atomic E-state index is 13.7. The third kappa shape index (κ3) is 4.80. The number of ketones is 1. The zero-order valence-electron chi connectivity index (χ0n) is 21.8. The third-order valence-corrected chi connectivity index (χ3v) is 7.43. The lowest BCUT2D eigenvalue weighted by Gasteiger charge is -2.35. The van der Waals surface area contributed by atoms with E-state index < -0.39 is 23.4 Å². The second-order valence-electron chi connectivity index (χ2n) is 10.3. The zero-order valence-corrected chi connectivity index (χ0v) is 21.8. The summed E-state index contributed by atoms with van der Waals surface area (Å²) in [4.78, 5) is 48.8. The number of para-hydroxylation sites is 1. The Kier molecular flexibility index (Phi) is 6.77. The fraction of sp³-hybridized carbons (Fsp3) is 0.379. The van der Waals surface area contributed by atoms with Gasteiger partial charge in [-0.25, -0.2) is 9.37 Å². The Bertz CT molecular complexity index is 1380. The molecule has 5 rings (SSSR count). The Morgan fingerprint density at radius 1 is 1.16 bits per heavy atom. The number of carbonyl (C=O) groups excluding carboxylic acids is 3. The van der Waals surface area contributed by atoms with Gasteiger partial charge in [-0.2, -0.15) is 0 Å². The molecule has 0 saturated heterocycles. The van der Waals surface area contributed by atoms with Crippen molar-refractivity contribution >= 4 is 34.8 Å². The summed E-state index contributed by atoms with van der Waals surface area (Å²) in [5.41, 5.74) is 3.14. The van der Waals surface area contributed by atoms with Crippen molar-refractivity contribution in [2.75, 3.05) is 23.7 Å². The minimum absolute atomic E-state index is 0.0321. The number of anilines is 3. The first kappa shape index (κ1) is 25.6. The van der Waals surface area contributed by atoms with Gasteiger partial charge in [-0.1, -0.05) is 18.2 Å². The van der Waals surface area contributed by atoms with Gasteiger partial charge in [-0.15, -0.1) is 0 Å². The number of aromatic amines is 1. The Morgan fingerprint density at radius 2 is 1.87 bits per heavy atom. The molecule has 3 N–H and O–H groups in total. The Hall–Kier alpha value is -4.01. The molecule has 3 aromatic rings. The average molecular weight is 518 g/mol. The molecule has 0 bridgehead atoms. The van der Waals surface area contributed by atoms with Crippen molar-refractivity contribution in [3.8, 4) is 11.3 Å². The lowest BCUT2D eigenvalue weighted by molar-refractivity contribution is -0.141. The number of benzene rings is 1. The van der Waals surface area contributed by atoms with E-state index in [0.717, 1.165) is 5.69 Å². The molecule has 1 saturated carbocycles. The van der Waals surface area contributed by atoms with Crippen LogP contribution >= 0.6 is 0 Å². The number of nitrogens with one attached hydrogen (secondary N) is 3. The molecular formula is C29H32FN5O3. The number of hydrogen-bond donors (Lipinski definition) is 3. The average Bonchev–Trinajstić information content (AvgIpc) is 3.53. The number of amides is 2. The van der Waals surface area contributed by atoms with Crippen LogP contribution in [0.1, 0.15) is 49.7 Å². The highest BCUT2D eigenvalue weighted by Crippen LogP contribution is 2.44. The molecule has 3 atom stereocenters. The highest BCUT2D eigenvalue weighted by molar-refractivity contribution is 6.10. The summed E-state index contributed by atoms with van der Waals surface area (Å²) in [5, 5.41) is 6.10. The van der Waals surface area contributed by atoms with Crippen LogP contribution < -0.4 is 10.6 Å². The van der Waals surface area contributed by atoms with E-state index in [1.54, 1.807) is 23.2 Å². The van der Waals surface area contributed by atoms with Gasteiger partial charge in [0.15, 0.2) is 5.78 Å². The molecule has 2 aliphatic carbocycles. The molecule has 1 fully saturated rings. The van der Waals surface area contributed by atoms with Crippen molar-refractivity contribution in [3.05, 3.63) is 59.9 Å². The van der Waals surface area contributed by atoms with Crippen LogP contribution in [0, 0.1) is 11.3 Å². The Balaban J connectivity index is 1.55. The zero-order chi connectivity index (χ0) is 27.0. The van der Waals surface area contributed by atoms with Gasteiger partial charge >= 0.3 is 0 Å². The van der Waals surface area contributed by atoms with Gasteiger partial charge < -0.3 is 20.5 Å². The molecule has 198 valence electrons. The predicted octanol–water partition coefficient (Wildman–Crippen LogP) is 5.12. The number of aromatic nitrogens is 2. The number of Topliss-reactive ketones (excluding diaryl/α,β-unsaturated/α-hetero) is 1. The number of fused-ring (bicyclic) bond motifs is 1. The second kappa shape index (κ2) is 10.0. The SMILES string of the molecule is CCN(CC)C(=O)C1(C)CC(=O)c2c([nH]c(-c3ccnc(NC(=O)[C@@H]4C[C@@H]4F)c3)c2Nc2ccccc2)C1. The van der Waals surface area contributed by atoms with Gasteiger partial charge in [0.1, 0.15) is 12.0 Å². The highest BCUT2D eigenvalue weighted by atomic mass is 19.1. The molecule has 2 aliphatic rings. The van der Waals surface area contributed by atoms with E-state index >= 15 is 0 Å². The molecule has 38 heavy (non-hydrogen) atoms. The molecule has 0 spiro atoms. The normalized spacial score (nSPS) is 21.9. The summed E-state index contributed by atoms with van der Waals surface area (Å²) in [7, 11) is 0. The number of nitrogens with zero attached hydrogens (tertiary/aromatic N) is 2. The first-order valence-corrected chi connectivity index (χ1v) is 13.0. The summed E-state index contributed by atoms with van der Waals surface area (Å²) in [6.45, 7) is 6.89. The quantitative estimate of drug-likeness (QED) is 0.385. The van der Waals surface area contributed by atoms with Crippen molar-refractivity contribution in [1.29, 1.82) is 0 Å². The van der Waals surface area contributed by atoms with E-state index in [1.165, 1.54) is 0 Å². The number of pyridine rings is 1. The topological polar surface area (TPSA) is 107 Å². The molecule has 1 unspecified atom stereocenters. The van der Waals surface area contributed by atoms with Gasteiger partial charge in [0, 0.05) is 49.1 Å². The summed E-state index contributed by atoms with van der Waals surface area (Å²) in [6, 6.07) is 13.0. The number of carbonyl (C=O) groups is 3. The van der Waals surface area contributed by atoms with E-state index in [-0.39, 0.29) is 24.5 Å². The number of alkyl halides is 1. The van der Waals surface area contributed by atoms with E-state index in [4.69, 9.17) is 0 Å². The number of H-pyrrole nitrogens is 1. The lowest BCUT2D eigenvalue weighted by Crippen LogP contribution is -2.46. The van der Waals surface area contributed by atoms with E-state index in [0.29, 0.717) is 53.5 Å². The van der Waals surface area contributed by atoms with E-state index in [1.807, 2.05) is 51.1 Å². The highest BCUT2D eigenvalue weighted by Gasteiger charge is 2.45. The maximum absolute atomic E-state index is 13.7. The molecular weight excluding hydrogens is 485 g/mol. The van der Waals surface area contributed by atoms with Gasteiger partial charge in [0.2, 0.25) is 11.8 Å². The standard InChI is InChI=1S/C29H32FN5O3/c1-4-35(5-2)28(38)29(3)15-21-24(22(36)16-29)26(32-18-9-7-6-8-10-18)25(33-21)17-11-12-31-23(13-17)34-27(37)19-14-20(19)30/h6-13,19-20,32-33H,4-5,14-16H2,1-3H3,(H,31,34,37)/t19-,20+,29?/m1/s1. The van der Waals surface area contributed by atoms with Crippen molar-refractivity contribution in [2.24, 2.45) is 11.3 Å². The van der Waals surface area contributed by atoms with Crippen LogP contribution in [0.3, 0.4) is 0 Å². The van der Waals surface area contributed by atoms with Crippen molar-refractivity contribution in [1.82, 2.24) is 14.9 Å². The minimum atomic E-state index is -1.10. The van der Waals surface area contributed by atoms with E-state index in [9.17, 15) is 18.8 Å². The van der Waals surface area contributed by atoms with E-state index in [2.05, 4.69) is 20.6 Å². The molecule has 0 radical (unpaired) electrons. The second-order valence-corrected chi connectivity index (χ2v) is 10.3. The van der Waals surface area contributed by atoms with Crippen LogP contribution in [-0.2, 0) is 16.0 Å². The maximum Gasteiger partial charge on any atom is 0.231 e. The smallest absolute Gasteiger partial charge is 0.231 e. The minimum Gasteiger partial charge on any atom is -0.356 e. The summed E-state index contributed by atoms with van der Waals surface area (Å²) >= 11 is 0. The molecule has 2 heterocycles. The monoisotopic (exact) mass is 517 g/mol. The Labute approximate surface area is 221 Å². The van der Waals surface area contributed by atoms with Gasteiger partial charge in [0.05, 0.1) is 28.3 Å². The van der Waals surface area contributed by atoms with Crippen LogP contribution in [0.5, 0.6) is 0 Å². The van der Waals surface area contributed by atoms with Crippen molar-refractivity contribution in [3.63, 3.8) is 0 Å². The van der Waals surface area contributed by atoms with Gasteiger partial charge in [0.25, 0.3) is 0 Å². The number of hydrogen-bond acceptors (Lipinski definition) is 5. The summed E-state index contributed by atoms with van der Waals surface area (Å²) in [6.07, 6.45) is 1.19. The molecule has 1 aromatic carbocycles. The molecule has 9 heteroatoms. The van der Waals surface area contributed by atoms with Crippen LogP contribution in [-0.4, -0.2) is 51.7 Å². The Morgan fingerprint density at radius 3 is 2.53 bits per heavy atom. The molecule has 8 nitrogen and oxygen atoms in total. The van der Waals surface area contributed by atoms with Crippen molar-refractivity contribution < 1.29 is 18.8 Å². The third-order valence-electron chi connectivity index (χ3n) is 7.43. The van der Waals surface area contributed by atoms with Crippen LogP contribution in [0.25, 0.3) is 11.3 Å². The lowest BCUT2D eigenvalue weighted by atomic mass is 9.73. The number of rotatable bonds is 8. The van der Waals surface area contributed by atoms with Gasteiger partial charge in [-0.3, -0.25) is 14.4 Å². The van der Waals surface area contributed by atoms with Crippen LogP contribution in [0.15, 0.2) is 48.7 Å². The molecule has 2 amide bonds. The molecule has 0 aliphatic heterocycles. The van der Waals surface area contributed by atoms with Crippen LogP contribution in [0.2, 0.25) is 0 Å². The number of halogens is 1.